The summed E-state index contributed by atoms with van der Waals surface area (Å²) in [4.78, 5) is 11.6. The van der Waals surface area contributed by atoms with Gasteiger partial charge in [-0.3, -0.25) is 4.79 Å². The fourth-order valence-corrected chi connectivity index (χ4v) is 1.62. The number of aromatic nitrogens is 4. The molecular formula is C12H15N5O. The van der Waals surface area contributed by atoms with Crippen LogP contribution in [0.15, 0.2) is 36.7 Å². The van der Waals surface area contributed by atoms with E-state index in [0.29, 0.717) is 6.54 Å². The van der Waals surface area contributed by atoms with E-state index in [9.17, 15) is 4.79 Å². The number of hydrogen-bond acceptors (Lipinski definition) is 4. The zero-order valence-electron chi connectivity index (χ0n) is 10.2. The Bertz CT molecular complexity index is 482. The smallest absolute Gasteiger partial charge is 0.241 e. The molecule has 1 atom stereocenters. The average Bonchev–Trinajstić information content (AvgIpc) is 2.90. The Labute approximate surface area is 105 Å². The Kier molecular flexibility index (Phi) is 4.01. The summed E-state index contributed by atoms with van der Waals surface area (Å²) < 4.78 is 1.39. The summed E-state index contributed by atoms with van der Waals surface area (Å²) in [5, 5.41) is 13.4. The Hall–Kier alpha value is -2.24. The van der Waals surface area contributed by atoms with Crippen LogP contribution in [0.25, 0.3) is 0 Å². The van der Waals surface area contributed by atoms with Crippen LogP contribution in [0, 0.1) is 0 Å². The van der Waals surface area contributed by atoms with Gasteiger partial charge in [0.25, 0.3) is 0 Å². The van der Waals surface area contributed by atoms with Crippen molar-refractivity contribution in [2.75, 3.05) is 6.54 Å². The predicted molar refractivity (Wildman–Crippen MR) is 65.7 cm³/mol. The summed E-state index contributed by atoms with van der Waals surface area (Å²) in [7, 11) is 0. The second kappa shape index (κ2) is 5.90. The number of tetrazole rings is 1. The van der Waals surface area contributed by atoms with Crippen LogP contribution in [-0.4, -0.2) is 32.7 Å². The first kappa shape index (κ1) is 12.2. The third kappa shape index (κ3) is 3.38. The lowest BCUT2D eigenvalue weighted by molar-refractivity contribution is -0.121. The van der Waals surface area contributed by atoms with Crippen LogP contribution < -0.4 is 5.32 Å². The topological polar surface area (TPSA) is 72.7 Å². The molecule has 2 aromatic rings. The van der Waals surface area contributed by atoms with Crippen LogP contribution in [-0.2, 0) is 11.3 Å². The van der Waals surface area contributed by atoms with Crippen LogP contribution in [0.1, 0.15) is 18.4 Å². The van der Waals surface area contributed by atoms with Crippen molar-refractivity contribution < 1.29 is 4.79 Å². The maximum absolute atomic E-state index is 11.6. The molecule has 0 bridgehead atoms. The van der Waals surface area contributed by atoms with Gasteiger partial charge in [-0.2, -0.15) is 0 Å². The average molecular weight is 245 g/mol. The lowest BCUT2D eigenvalue weighted by atomic mass is 10.0. The molecule has 18 heavy (non-hydrogen) atoms. The van der Waals surface area contributed by atoms with E-state index >= 15 is 0 Å². The van der Waals surface area contributed by atoms with Gasteiger partial charge in [0, 0.05) is 6.54 Å². The first-order valence-electron chi connectivity index (χ1n) is 5.78. The normalized spacial score (nSPS) is 12.1. The third-order valence-corrected chi connectivity index (χ3v) is 2.67. The Morgan fingerprint density at radius 3 is 2.83 bits per heavy atom. The van der Waals surface area contributed by atoms with Crippen molar-refractivity contribution in [2.45, 2.75) is 19.4 Å². The molecule has 1 amide bonds. The second-order valence-corrected chi connectivity index (χ2v) is 4.12. The van der Waals surface area contributed by atoms with Crippen molar-refractivity contribution in [3.8, 4) is 0 Å². The summed E-state index contributed by atoms with van der Waals surface area (Å²) in [6.45, 7) is 2.83. The number of hydrogen-bond donors (Lipinski definition) is 1. The molecule has 0 spiro atoms. The molecule has 1 heterocycles. The van der Waals surface area contributed by atoms with Gasteiger partial charge in [-0.05, 0) is 21.9 Å². The molecule has 2 rings (SSSR count). The number of nitrogens with one attached hydrogen (secondary N) is 1. The van der Waals surface area contributed by atoms with Gasteiger partial charge >= 0.3 is 0 Å². The van der Waals surface area contributed by atoms with Crippen LogP contribution in [0.3, 0.4) is 0 Å². The molecule has 1 aromatic carbocycles. The quantitative estimate of drug-likeness (QED) is 0.837. The highest BCUT2D eigenvalue weighted by atomic mass is 16.2. The van der Waals surface area contributed by atoms with E-state index in [4.69, 9.17) is 0 Å². The van der Waals surface area contributed by atoms with Crippen molar-refractivity contribution >= 4 is 5.91 Å². The molecule has 0 fully saturated rings. The maximum Gasteiger partial charge on any atom is 0.241 e. The highest BCUT2D eigenvalue weighted by Gasteiger charge is 2.08. The monoisotopic (exact) mass is 245 g/mol. The minimum Gasteiger partial charge on any atom is -0.354 e. The zero-order chi connectivity index (χ0) is 12.8. The van der Waals surface area contributed by atoms with Crippen molar-refractivity contribution in [3.63, 3.8) is 0 Å². The van der Waals surface area contributed by atoms with E-state index in [1.54, 1.807) is 0 Å². The molecule has 94 valence electrons. The van der Waals surface area contributed by atoms with Crippen molar-refractivity contribution in [3.05, 3.63) is 42.2 Å². The van der Waals surface area contributed by atoms with Gasteiger partial charge in [0.15, 0.2) is 0 Å². The van der Waals surface area contributed by atoms with Gasteiger partial charge in [-0.1, -0.05) is 37.3 Å². The molecule has 0 radical (unpaired) electrons. The minimum absolute atomic E-state index is 0.0925. The largest absolute Gasteiger partial charge is 0.354 e. The standard InChI is InChI=1S/C12H15N5O/c1-10(11-5-3-2-4-6-11)7-13-12(18)8-17-9-14-15-16-17/h2-6,9-10H,7-8H2,1H3,(H,13,18). The van der Waals surface area contributed by atoms with Gasteiger partial charge in [0.1, 0.15) is 12.9 Å². The summed E-state index contributed by atoms with van der Waals surface area (Å²) in [6, 6.07) is 10.1. The van der Waals surface area contributed by atoms with E-state index in [1.807, 2.05) is 18.2 Å². The molecule has 0 saturated carbocycles. The number of rotatable bonds is 5. The van der Waals surface area contributed by atoms with Crippen LogP contribution >= 0.6 is 0 Å². The number of nitrogens with zero attached hydrogens (tertiary/aromatic N) is 4. The molecule has 6 heteroatoms. The van der Waals surface area contributed by atoms with E-state index in [2.05, 4.69) is 39.9 Å². The predicted octanol–water partition coefficient (Wildman–Crippen LogP) is 0.593. The van der Waals surface area contributed by atoms with Crippen LogP contribution in [0.4, 0.5) is 0 Å². The maximum atomic E-state index is 11.6. The van der Waals surface area contributed by atoms with Gasteiger partial charge < -0.3 is 5.32 Å². The van der Waals surface area contributed by atoms with Crippen molar-refractivity contribution in [2.24, 2.45) is 0 Å². The number of benzene rings is 1. The van der Waals surface area contributed by atoms with Crippen LogP contribution in [0.5, 0.6) is 0 Å². The molecule has 0 aliphatic rings. The SMILES string of the molecule is CC(CNC(=O)Cn1cnnn1)c1ccccc1. The van der Waals surface area contributed by atoms with Gasteiger partial charge in [0.05, 0.1) is 0 Å². The highest BCUT2D eigenvalue weighted by molar-refractivity contribution is 5.75. The Balaban J connectivity index is 1.79. The Morgan fingerprint density at radius 1 is 1.39 bits per heavy atom. The van der Waals surface area contributed by atoms with Gasteiger partial charge in [0.2, 0.25) is 5.91 Å². The molecule has 0 aliphatic heterocycles. The molecular weight excluding hydrogens is 230 g/mol. The molecule has 1 unspecified atom stereocenters. The molecule has 1 N–H and O–H groups in total. The first-order valence-corrected chi connectivity index (χ1v) is 5.78. The second-order valence-electron chi connectivity index (χ2n) is 4.12. The fraction of sp³-hybridized carbons (Fsp3) is 0.333. The summed E-state index contributed by atoms with van der Waals surface area (Å²) in [5.74, 6) is 0.189. The van der Waals surface area contributed by atoms with E-state index in [1.165, 1.54) is 16.6 Å². The lowest BCUT2D eigenvalue weighted by Crippen LogP contribution is -2.30. The van der Waals surface area contributed by atoms with E-state index < -0.39 is 0 Å². The van der Waals surface area contributed by atoms with E-state index in [-0.39, 0.29) is 18.4 Å². The van der Waals surface area contributed by atoms with Gasteiger partial charge in [-0.15, -0.1) is 5.10 Å². The van der Waals surface area contributed by atoms with Gasteiger partial charge in [-0.25, -0.2) is 4.68 Å². The minimum atomic E-state index is -0.0925. The summed E-state index contributed by atoms with van der Waals surface area (Å²) in [6.07, 6.45) is 1.42. The molecule has 6 nitrogen and oxygen atoms in total. The third-order valence-electron chi connectivity index (χ3n) is 2.67. The molecule has 0 saturated heterocycles. The Morgan fingerprint density at radius 2 is 2.17 bits per heavy atom. The van der Waals surface area contributed by atoms with E-state index in [0.717, 1.165) is 0 Å². The fourth-order valence-electron chi connectivity index (χ4n) is 1.62. The van der Waals surface area contributed by atoms with Crippen LogP contribution in [0.2, 0.25) is 0 Å². The summed E-state index contributed by atoms with van der Waals surface area (Å²) in [5.41, 5.74) is 1.21. The number of amides is 1. The number of carbonyl (C=O) groups is 1. The lowest BCUT2D eigenvalue weighted by Gasteiger charge is -2.12. The molecule has 1 aromatic heterocycles. The zero-order valence-corrected chi connectivity index (χ0v) is 10.2. The highest BCUT2D eigenvalue weighted by Crippen LogP contribution is 2.12. The number of carbonyl (C=O) groups excluding carboxylic acids is 1. The van der Waals surface area contributed by atoms with Crippen molar-refractivity contribution in [1.82, 2.24) is 25.5 Å². The first-order chi connectivity index (χ1) is 8.75. The summed E-state index contributed by atoms with van der Waals surface area (Å²) >= 11 is 0. The molecule has 0 aliphatic carbocycles. The van der Waals surface area contributed by atoms with Crippen molar-refractivity contribution in [1.29, 1.82) is 0 Å².